The Morgan fingerprint density at radius 1 is 1.21 bits per heavy atom. The fourth-order valence-corrected chi connectivity index (χ4v) is 2.08. The Kier molecular flexibility index (Phi) is 4.22. The van der Waals surface area contributed by atoms with Gasteiger partial charge in [0, 0.05) is 11.0 Å². The maximum absolute atomic E-state index is 12.0. The zero-order valence-electron chi connectivity index (χ0n) is 10.6. The molecule has 19 heavy (non-hydrogen) atoms. The maximum atomic E-state index is 12.0. The monoisotopic (exact) mass is 318 g/mol. The number of para-hydroxylation sites is 1. The molecule has 3 N–H and O–H groups in total. The second-order valence-corrected chi connectivity index (χ2v) is 5.22. The first kappa shape index (κ1) is 13.6. The highest BCUT2D eigenvalue weighted by Crippen LogP contribution is 2.22. The van der Waals surface area contributed by atoms with Crippen LogP contribution >= 0.6 is 15.9 Å². The summed E-state index contributed by atoms with van der Waals surface area (Å²) in [6, 6.07) is 13.4. The number of rotatable bonds is 3. The highest BCUT2D eigenvalue weighted by Gasteiger charge is 2.10. The molecule has 0 unspecified atom stereocenters. The molecule has 0 bridgehead atoms. The van der Waals surface area contributed by atoms with Crippen LogP contribution in [-0.4, -0.2) is 5.91 Å². The topological polar surface area (TPSA) is 55.1 Å². The van der Waals surface area contributed by atoms with Gasteiger partial charge < -0.3 is 11.1 Å². The minimum Gasteiger partial charge on any atom is -0.397 e. The lowest BCUT2D eigenvalue weighted by atomic mass is 10.1. The summed E-state index contributed by atoms with van der Waals surface area (Å²) in [6.45, 7) is 2.52. The summed E-state index contributed by atoms with van der Waals surface area (Å²) in [5.41, 5.74) is 9.08. The first-order valence-corrected chi connectivity index (χ1v) is 6.75. The third-order valence-corrected chi connectivity index (χ3v) is 3.56. The van der Waals surface area contributed by atoms with Crippen molar-refractivity contribution in [1.29, 1.82) is 0 Å². The van der Waals surface area contributed by atoms with E-state index in [4.69, 9.17) is 5.73 Å². The third-order valence-electron chi connectivity index (χ3n) is 2.87. The Morgan fingerprint density at radius 2 is 1.89 bits per heavy atom. The van der Waals surface area contributed by atoms with Gasteiger partial charge in [-0.05, 0) is 40.5 Å². The molecule has 2 aromatic carbocycles. The number of carbonyl (C=O) groups is 1. The van der Waals surface area contributed by atoms with Crippen LogP contribution in [0.5, 0.6) is 0 Å². The van der Waals surface area contributed by atoms with Crippen LogP contribution in [0.3, 0.4) is 0 Å². The second-order valence-electron chi connectivity index (χ2n) is 4.37. The average Bonchev–Trinajstić information content (AvgIpc) is 2.41. The predicted octanol–water partition coefficient (Wildman–Crippen LogP) is 3.27. The van der Waals surface area contributed by atoms with E-state index in [1.54, 1.807) is 12.1 Å². The Balaban J connectivity index is 2.05. The Morgan fingerprint density at radius 3 is 2.58 bits per heavy atom. The summed E-state index contributed by atoms with van der Waals surface area (Å²) in [7, 11) is 0. The Bertz CT molecular complexity index is 594. The molecule has 2 rings (SSSR count). The molecular weight excluding hydrogens is 304 g/mol. The molecule has 0 aromatic heterocycles. The summed E-state index contributed by atoms with van der Waals surface area (Å²) < 4.78 is 0.732. The number of aryl methyl sites for hydroxylation is 1. The van der Waals surface area contributed by atoms with Gasteiger partial charge in [-0.2, -0.15) is 0 Å². The molecule has 0 aliphatic carbocycles. The Hall–Kier alpha value is -1.81. The molecule has 0 aliphatic heterocycles. The molecule has 1 amide bonds. The lowest BCUT2D eigenvalue weighted by Gasteiger charge is -2.09. The number of hydrogen-bond donors (Lipinski definition) is 2. The van der Waals surface area contributed by atoms with Gasteiger partial charge in [-0.3, -0.25) is 4.79 Å². The first-order chi connectivity index (χ1) is 9.08. The van der Waals surface area contributed by atoms with Gasteiger partial charge in [-0.1, -0.05) is 35.9 Å². The van der Waals surface area contributed by atoms with Crippen LogP contribution in [-0.2, 0) is 6.54 Å². The second kappa shape index (κ2) is 5.89. The van der Waals surface area contributed by atoms with E-state index in [1.165, 1.54) is 5.56 Å². The third kappa shape index (κ3) is 3.35. The SMILES string of the molecule is Cc1ccc(CNC(=O)c2cccc(Br)c2N)cc1. The van der Waals surface area contributed by atoms with E-state index >= 15 is 0 Å². The minimum atomic E-state index is -0.167. The van der Waals surface area contributed by atoms with Crippen LogP contribution in [0, 0.1) is 6.92 Å². The quantitative estimate of drug-likeness (QED) is 0.853. The number of hydrogen-bond acceptors (Lipinski definition) is 2. The van der Waals surface area contributed by atoms with Crippen molar-refractivity contribution in [2.45, 2.75) is 13.5 Å². The van der Waals surface area contributed by atoms with Gasteiger partial charge in [0.2, 0.25) is 0 Å². The van der Waals surface area contributed by atoms with Crippen LogP contribution < -0.4 is 11.1 Å². The first-order valence-electron chi connectivity index (χ1n) is 5.95. The van der Waals surface area contributed by atoms with E-state index in [0.717, 1.165) is 10.0 Å². The molecule has 98 valence electrons. The molecule has 0 saturated heterocycles. The van der Waals surface area contributed by atoms with Gasteiger partial charge in [-0.15, -0.1) is 0 Å². The van der Waals surface area contributed by atoms with E-state index < -0.39 is 0 Å². The highest BCUT2D eigenvalue weighted by molar-refractivity contribution is 9.10. The molecule has 0 fully saturated rings. The van der Waals surface area contributed by atoms with E-state index in [1.807, 2.05) is 37.3 Å². The van der Waals surface area contributed by atoms with Crippen LogP contribution in [0.25, 0.3) is 0 Å². The van der Waals surface area contributed by atoms with Gasteiger partial charge in [0.25, 0.3) is 5.91 Å². The van der Waals surface area contributed by atoms with Gasteiger partial charge in [-0.25, -0.2) is 0 Å². The van der Waals surface area contributed by atoms with E-state index in [9.17, 15) is 4.79 Å². The van der Waals surface area contributed by atoms with Crippen LogP contribution in [0.4, 0.5) is 5.69 Å². The smallest absolute Gasteiger partial charge is 0.253 e. The van der Waals surface area contributed by atoms with E-state index in [-0.39, 0.29) is 5.91 Å². The van der Waals surface area contributed by atoms with Crippen molar-refractivity contribution in [3.8, 4) is 0 Å². The van der Waals surface area contributed by atoms with Crippen LogP contribution in [0.15, 0.2) is 46.9 Å². The number of benzene rings is 2. The highest BCUT2D eigenvalue weighted by atomic mass is 79.9. The van der Waals surface area contributed by atoms with Crippen molar-refractivity contribution < 1.29 is 4.79 Å². The zero-order valence-corrected chi connectivity index (χ0v) is 12.2. The number of nitrogen functional groups attached to an aromatic ring is 1. The lowest BCUT2D eigenvalue weighted by molar-refractivity contribution is 0.0952. The predicted molar refractivity (Wildman–Crippen MR) is 80.9 cm³/mol. The molecule has 0 aliphatic rings. The van der Waals surface area contributed by atoms with Crippen molar-refractivity contribution in [1.82, 2.24) is 5.32 Å². The number of nitrogens with two attached hydrogens (primary N) is 1. The summed E-state index contributed by atoms with van der Waals surface area (Å²) in [5.74, 6) is -0.167. The number of carbonyl (C=O) groups excluding carboxylic acids is 1. The van der Waals surface area contributed by atoms with E-state index in [0.29, 0.717) is 17.8 Å². The average molecular weight is 319 g/mol. The normalized spacial score (nSPS) is 10.2. The van der Waals surface area contributed by atoms with Crippen molar-refractivity contribution in [2.75, 3.05) is 5.73 Å². The largest absolute Gasteiger partial charge is 0.397 e. The fraction of sp³-hybridized carbons (Fsp3) is 0.133. The molecule has 4 heteroatoms. The number of halogens is 1. The number of amides is 1. The van der Waals surface area contributed by atoms with Crippen molar-refractivity contribution in [3.05, 3.63) is 63.6 Å². The van der Waals surface area contributed by atoms with Gasteiger partial charge in [0.05, 0.1) is 11.3 Å². The number of anilines is 1. The van der Waals surface area contributed by atoms with Crippen molar-refractivity contribution in [2.24, 2.45) is 0 Å². The van der Waals surface area contributed by atoms with E-state index in [2.05, 4.69) is 21.2 Å². The summed E-state index contributed by atoms with van der Waals surface area (Å²) in [5, 5.41) is 2.86. The van der Waals surface area contributed by atoms with Gasteiger partial charge in [0.15, 0.2) is 0 Å². The Labute approximate surface area is 121 Å². The van der Waals surface area contributed by atoms with Gasteiger partial charge >= 0.3 is 0 Å². The van der Waals surface area contributed by atoms with Crippen LogP contribution in [0.1, 0.15) is 21.5 Å². The maximum Gasteiger partial charge on any atom is 0.253 e. The molecule has 0 saturated carbocycles. The number of nitrogens with one attached hydrogen (secondary N) is 1. The summed E-state index contributed by atoms with van der Waals surface area (Å²) >= 11 is 3.31. The van der Waals surface area contributed by atoms with Crippen molar-refractivity contribution >= 4 is 27.5 Å². The molecule has 0 heterocycles. The summed E-state index contributed by atoms with van der Waals surface area (Å²) in [4.78, 5) is 12.0. The van der Waals surface area contributed by atoms with Gasteiger partial charge in [0.1, 0.15) is 0 Å². The molecule has 0 atom stereocenters. The molecule has 3 nitrogen and oxygen atoms in total. The standard InChI is InChI=1S/C15H15BrN2O/c1-10-5-7-11(8-6-10)9-18-15(19)12-3-2-4-13(16)14(12)17/h2-8H,9,17H2,1H3,(H,18,19). The zero-order chi connectivity index (χ0) is 13.8. The van der Waals surface area contributed by atoms with Crippen LogP contribution in [0.2, 0.25) is 0 Å². The molecular formula is C15H15BrN2O. The molecule has 2 aromatic rings. The summed E-state index contributed by atoms with van der Waals surface area (Å²) in [6.07, 6.45) is 0. The molecule has 0 radical (unpaired) electrons. The molecule has 0 spiro atoms. The lowest BCUT2D eigenvalue weighted by Crippen LogP contribution is -2.23. The van der Waals surface area contributed by atoms with Crippen molar-refractivity contribution in [3.63, 3.8) is 0 Å². The minimum absolute atomic E-state index is 0.167. The fourth-order valence-electron chi connectivity index (χ4n) is 1.72.